The first-order chi connectivity index (χ1) is 10.2. The largest absolute Gasteiger partial charge is 0.437 e. The lowest BCUT2D eigenvalue weighted by Crippen LogP contribution is -1.98. The van der Waals surface area contributed by atoms with Gasteiger partial charge in [0.25, 0.3) is 0 Å². The number of aromatic nitrogens is 1. The van der Waals surface area contributed by atoms with Crippen LogP contribution in [0.3, 0.4) is 0 Å². The highest BCUT2D eigenvalue weighted by Crippen LogP contribution is 2.36. The number of nitrogens with zero attached hydrogens (tertiary/aromatic N) is 1. The molecule has 0 aliphatic rings. The molecule has 0 radical (unpaired) electrons. The zero-order valence-corrected chi connectivity index (χ0v) is 13.0. The molecule has 0 spiro atoms. The highest BCUT2D eigenvalue weighted by molar-refractivity contribution is 9.10. The second-order valence-electron chi connectivity index (χ2n) is 4.77. The number of hydrogen-bond acceptors (Lipinski definition) is 3. The molecule has 0 fully saturated rings. The van der Waals surface area contributed by atoms with Crippen LogP contribution in [0.2, 0.25) is 0 Å². The lowest BCUT2D eigenvalue weighted by molar-refractivity contribution is 0.194. The van der Waals surface area contributed by atoms with Gasteiger partial charge in [-0.3, -0.25) is 0 Å². The van der Waals surface area contributed by atoms with E-state index in [9.17, 15) is 5.11 Å². The molecule has 3 rings (SSSR count). The number of aliphatic hydroxyl groups is 1. The van der Waals surface area contributed by atoms with Crippen molar-refractivity contribution in [2.75, 3.05) is 0 Å². The van der Waals surface area contributed by atoms with Crippen LogP contribution in [0, 0.1) is 0 Å². The molecule has 2 aromatic carbocycles. The topological polar surface area (TPSA) is 42.4 Å². The first-order valence-corrected chi connectivity index (χ1v) is 7.44. The summed E-state index contributed by atoms with van der Waals surface area (Å²) < 4.78 is 6.77. The minimum Gasteiger partial charge on any atom is -0.437 e. The third kappa shape index (κ3) is 2.77. The van der Waals surface area contributed by atoms with E-state index < -0.39 is 6.10 Å². The normalized spacial score (nSPS) is 12.3. The SMILES string of the molecule is C[C@H](O)c1cccnc1Oc1ccc2ccccc2c1Br. The highest BCUT2D eigenvalue weighted by atomic mass is 79.9. The highest BCUT2D eigenvalue weighted by Gasteiger charge is 2.13. The summed E-state index contributed by atoms with van der Waals surface area (Å²) in [4.78, 5) is 4.21. The second-order valence-corrected chi connectivity index (χ2v) is 5.57. The number of hydrogen-bond donors (Lipinski definition) is 1. The van der Waals surface area contributed by atoms with Gasteiger partial charge in [0.05, 0.1) is 10.6 Å². The van der Waals surface area contributed by atoms with Gasteiger partial charge in [-0.2, -0.15) is 0 Å². The van der Waals surface area contributed by atoms with E-state index in [4.69, 9.17) is 4.74 Å². The van der Waals surface area contributed by atoms with E-state index in [-0.39, 0.29) is 0 Å². The van der Waals surface area contributed by atoms with E-state index in [0.29, 0.717) is 17.2 Å². The summed E-state index contributed by atoms with van der Waals surface area (Å²) in [6, 6.07) is 15.5. The van der Waals surface area contributed by atoms with Gasteiger partial charge in [0, 0.05) is 11.8 Å². The molecule has 1 aromatic heterocycles. The van der Waals surface area contributed by atoms with Crippen molar-refractivity contribution >= 4 is 26.7 Å². The van der Waals surface area contributed by atoms with Crippen LogP contribution in [0.15, 0.2) is 59.2 Å². The van der Waals surface area contributed by atoms with Crippen molar-refractivity contribution in [2.24, 2.45) is 0 Å². The number of benzene rings is 2. The van der Waals surface area contributed by atoms with Crippen LogP contribution in [0.5, 0.6) is 11.6 Å². The lowest BCUT2D eigenvalue weighted by atomic mass is 10.1. The Morgan fingerprint density at radius 1 is 1.10 bits per heavy atom. The quantitative estimate of drug-likeness (QED) is 0.739. The minimum absolute atomic E-state index is 0.420. The maximum absolute atomic E-state index is 9.79. The summed E-state index contributed by atoms with van der Waals surface area (Å²) in [6.07, 6.45) is 1.02. The average molecular weight is 344 g/mol. The van der Waals surface area contributed by atoms with Gasteiger partial charge < -0.3 is 9.84 Å². The third-order valence-electron chi connectivity index (χ3n) is 3.29. The summed E-state index contributed by atoms with van der Waals surface area (Å²) in [7, 11) is 0. The molecule has 0 saturated heterocycles. The molecule has 3 nitrogen and oxygen atoms in total. The number of ether oxygens (including phenoxy) is 1. The van der Waals surface area contributed by atoms with Crippen molar-refractivity contribution in [3.63, 3.8) is 0 Å². The Bertz CT molecular complexity index is 787. The molecular formula is C17H14BrNO2. The number of rotatable bonds is 3. The maximum Gasteiger partial charge on any atom is 0.225 e. The van der Waals surface area contributed by atoms with Gasteiger partial charge in [-0.1, -0.05) is 30.3 Å². The van der Waals surface area contributed by atoms with Crippen molar-refractivity contribution in [3.8, 4) is 11.6 Å². The van der Waals surface area contributed by atoms with Crippen molar-refractivity contribution in [1.82, 2.24) is 4.98 Å². The number of pyridine rings is 1. The van der Waals surface area contributed by atoms with Crippen molar-refractivity contribution in [3.05, 3.63) is 64.8 Å². The maximum atomic E-state index is 9.79. The van der Waals surface area contributed by atoms with Crippen LogP contribution >= 0.6 is 15.9 Å². The molecule has 0 aliphatic carbocycles. The van der Waals surface area contributed by atoms with Gasteiger partial charge in [0.1, 0.15) is 5.75 Å². The van der Waals surface area contributed by atoms with E-state index >= 15 is 0 Å². The number of fused-ring (bicyclic) bond motifs is 1. The molecule has 0 amide bonds. The minimum atomic E-state index is -0.632. The van der Waals surface area contributed by atoms with Crippen LogP contribution < -0.4 is 4.74 Å². The first-order valence-electron chi connectivity index (χ1n) is 6.65. The summed E-state index contributed by atoms with van der Waals surface area (Å²) in [5.41, 5.74) is 0.664. The third-order valence-corrected chi connectivity index (χ3v) is 4.10. The van der Waals surface area contributed by atoms with Gasteiger partial charge in [0.2, 0.25) is 5.88 Å². The first kappa shape index (κ1) is 14.0. The number of aliphatic hydroxyl groups excluding tert-OH is 1. The van der Waals surface area contributed by atoms with E-state index in [0.717, 1.165) is 15.2 Å². The Hall–Kier alpha value is -1.91. The van der Waals surface area contributed by atoms with Gasteiger partial charge in [0.15, 0.2) is 0 Å². The molecule has 1 N–H and O–H groups in total. The van der Waals surface area contributed by atoms with Crippen LogP contribution in [0.4, 0.5) is 0 Å². The Morgan fingerprint density at radius 3 is 2.71 bits per heavy atom. The zero-order chi connectivity index (χ0) is 14.8. The zero-order valence-electron chi connectivity index (χ0n) is 11.5. The predicted octanol–water partition coefficient (Wildman–Crippen LogP) is 4.84. The Labute approximate surface area is 131 Å². The fraction of sp³-hybridized carbons (Fsp3) is 0.118. The molecule has 3 aromatic rings. The van der Waals surface area contributed by atoms with Crippen LogP contribution in [-0.4, -0.2) is 10.1 Å². The van der Waals surface area contributed by atoms with Gasteiger partial charge in [-0.25, -0.2) is 4.98 Å². The Balaban J connectivity index is 2.05. The Morgan fingerprint density at radius 2 is 1.90 bits per heavy atom. The molecule has 0 saturated carbocycles. The summed E-state index contributed by atoms with van der Waals surface area (Å²) >= 11 is 3.59. The molecule has 0 bridgehead atoms. The van der Waals surface area contributed by atoms with Crippen LogP contribution in [0.25, 0.3) is 10.8 Å². The molecule has 21 heavy (non-hydrogen) atoms. The molecule has 4 heteroatoms. The van der Waals surface area contributed by atoms with Crippen molar-refractivity contribution in [2.45, 2.75) is 13.0 Å². The fourth-order valence-corrected chi connectivity index (χ4v) is 2.78. The van der Waals surface area contributed by atoms with Crippen LogP contribution in [0.1, 0.15) is 18.6 Å². The standard InChI is InChI=1S/C17H14BrNO2/c1-11(20)13-7-4-10-19-17(13)21-15-9-8-12-5-2-3-6-14(12)16(15)18/h2-11,20H,1H3/t11-/m0/s1. The van der Waals surface area contributed by atoms with E-state index in [1.807, 2.05) is 42.5 Å². The molecule has 0 unspecified atom stereocenters. The fourth-order valence-electron chi connectivity index (χ4n) is 2.20. The summed E-state index contributed by atoms with van der Waals surface area (Å²) in [5.74, 6) is 1.10. The molecule has 1 atom stereocenters. The van der Waals surface area contributed by atoms with Gasteiger partial charge in [-0.05, 0) is 51.8 Å². The van der Waals surface area contributed by atoms with E-state index in [1.54, 1.807) is 19.2 Å². The van der Waals surface area contributed by atoms with Gasteiger partial charge >= 0.3 is 0 Å². The summed E-state index contributed by atoms with van der Waals surface area (Å²) in [5, 5.41) is 12.0. The molecule has 106 valence electrons. The lowest BCUT2D eigenvalue weighted by Gasteiger charge is -2.13. The smallest absolute Gasteiger partial charge is 0.225 e. The van der Waals surface area contributed by atoms with Crippen molar-refractivity contribution in [1.29, 1.82) is 0 Å². The predicted molar refractivity (Wildman–Crippen MR) is 86.6 cm³/mol. The van der Waals surface area contributed by atoms with Crippen molar-refractivity contribution < 1.29 is 9.84 Å². The molecule has 1 heterocycles. The second kappa shape index (κ2) is 5.84. The van der Waals surface area contributed by atoms with E-state index in [2.05, 4.69) is 20.9 Å². The summed E-state index contributed by atoms with van der Waals surface area (Å²) in [6.45, 7) is 1.69. The monoisotopic (exact) mass is 343 g/mol. The Kier molecular flexibility index (Phi) is 3.90. The average Bonchev–Trinajstić information content (AvgIpc) is 2.51. The number of halogens is 1. The molecule has 0 aliphatic heterocycles. The molecular weight excluding hydrogens is 330 g/mol. The van der Waals surface area contributed by atoms with Gasteiger partial charge in [-0.15, -0.1) is 0 Å². The van der Waals surface area contributed by atoms with E-state index in [1.165, 1.54) is 0 Å². The van der Waals surface area contributed by atoms with Crippen LogP contribution in [-0.2, 0) is 0 Å².